The van der Waals surface area contributed by atoms with Gasteiger partial charge in [-0.2, -0.15) is 0 Å². The van der Waals surface area contributed by atoms with Gasteiger partial charge in [-0.25, -0.2) is 9.97 Å². The first kappa shape index (κ1) is 23.1. The summed E-state index contributed by atoms with van der Waals surface area (Å²) in [7, 11) is 2.06. The highest BCUT2D eigenvalue weighted by atomic mass is 32.2. The van der Waals surface area contributed by atoms with E-state index in [1.807, 2.05) is 48.5 Å². The van der Waals surface area contributed by atoms with Crippen LogP contribution in [0.4, 0.5) is 5.82 Å². The van der Waals surface area contributed by atoms with E-state index in [1.54, 1.807) is 11.8 Å². The summed E-state index contributed by atoms with van der Waals surface area (Å²) < 4.78 is 0. The molecule has 0 radical (unpaired) electrons. The molecule has 1 fully saturated rings. The Morgan fingerprint density at radius 1 is 0.914 bits per heavy atom. The average molecular weight is 481 g/mol. The number of aromatic nitrogens is 2. The first-order chi connectivity index (χ1) is 17.1. The van der Waals surface area contributed by atoms with Gasteiger partial charge in [-0.3, -0.25) is 4.79 Å². The molecule has 1 aliphatic carbocycles. The first-order valence-electron chi connectivity index (χ1n) is 11.9. The summed E-state index contributed by atoms with van der Waals surface area (Å²) in [4.78, 5) is 24.1. The Hall–Kier alpha value is -3.64. The van der Waals surface area contributed by atoms with E-state index in [0.29, 0.717) is 11.6 Å². The van der Waals surface area contributed by atoms with Gasteiger partial charge in [0.05, 0.1) is 5.69 Å². The number of nitrogens with one attached hydrogen (secondary N) is 1. The molecule has 0 bridgehead atoms. The molecule has 6 heteroatoms. The summed E-state index contributed by atoms with van der Waals surface area (Å²) in [5.41, 5.74) is 5.04. The van der Waals surface area contributed by atoms with Crippen molar-refractivity contribution in [3.05, 3.63) is 108 Å². The quantitative estimate of drug-likeness (QED) is 0.236. The third-order valence-corrected chi connectivity index (χ3v) is 6.83. The monoisotopic (exact) mass is 480 g/mol. The van der Waals surface area contributed by atoms with Gasteiger partial charge in [0.25, 0.3) is 5.91 Å². The Labute approximate surface area is 210 Å². The number of nitrogens with zero attached hydrogens (tertiary/aromatic N) is 3. The minimum Gasteiger partial charge on any atom is -0.355 e. The van der Waals surface area contributed by atoms with E-state index < -0.39 is 0 Å². The molecule has 0 atom stereocenters. The number of benzene rings is 3. The third kappa shape index (κ3) is 6.28. The zero-order valence-electron chi connectivity index (χ0n) is 19.7. The molecule has 4 aromatic rings. The summed E-state index contributed by atoms with van der Waals surface area (Å²) in [5, 5.41) is 3.77. The molecule has 1 amide bonds. The number of rotatable bonds is 9. The van der Waals surface area contributed by atoms with Crippen LogP contribution in [0.25, 0.3) is 11.3 Å². The van der Waals surface area contributed by atoms with Gasteiger partial charge in [0.15, 0.2) is 5.16 Å². The molecular weight excluding hydrogens is 452 g/mol. The van der Waals surface area contributed by atoms with E-state index in [2.05, 4.69) is 59.7 Å². The van der Waals surface area contributed by atoms with Crippen molar-refractivity contribution in [1.82, 2.24) is 15.3 Å². The van der Waals surface area contributed by atoms with Crippen LogP contribution < -0.4 is 10.2 Å². The Bertz CT molecular complexity index is 1280. The van der Waals surface area contributed by atoms with Crippen LogP contribution >= 0.6 is 11.8 Å². The fraction of sp³-hybridized carbons (Fsp3) is 0.207. The second kappa shape index (κ2) is 10.7. The number of carbonyl (C=O) groups is 1. The van der Waals surface area contributed by atoms with Crippen molar-refractivity contribution in [2.75, 3.05) is 11.9 Å². The van der Waals surface area contributed by atoms with Gasteiger partial charge in [0.1, 0.15) is 5.82 Å². The standard InChI is InChI=1S/C29H28N4OS/c1-33(19-21-8-4-2-5-9-21)27-18-26(23-10-6-3-7-11-23)31-29(32-27)35-20-22-12-14-24(15-13-22)28(34)30-25-16-17-25/h2-15,18,25H,16-17,19-20H2,1H3,(H,30,34). The lowest BCUT2D eigenvalue weighted by Crippen LogP contribution is -2.25. The molecule has 3 aromatic carbocycles. The minimum absolute atomic E-state index is 0.0108. The van der Waals surface area contributed by atoms with E-state index in [9.17, 15) is 4.79 Å². The zero-order valence-corrected chi connectivity index (χ0v) is 20.5. The highest BCUT2D eigenvalue weighted by molar-refractivity contribution is 7.98. The highest BCUT2D eigenvalue weighted by Crippen LogP contribution is 2.28. The highest BCUT2D eigenvalue weighted by Gasteiger charge is 2.23. The van der Waals surface area contributed by atoms with Crippen LogP contribution in [-0.4, -0.2) is 29.0 Å². The fourth-order valence-corrected chi connectivity index (χ4v) is 4.57. The van der Waals surface area contributed by atoms with Crippen LogP contribution in [0, 0.1) is 0 Å². The van der Waals surface area contributed by atoms with E-state index in [-0.39, 0.29) is 5.91 Å². The van der Waals surface area contributed by atoms with Crippen molar-refractivity contribution in [3.63, 3.8) is 0 Å². The molecule has 5 nitrogen and oxygen atoms in total. The van der Waals surface area contributed by atoms with Crippen LogP contribution in [0.2, 0.25) is 0 Å². The summed E-state index contributed by atoms with van der Waals surface area (Å²) in [6.07, 6.45) is 2.18. The smallest absolute Gasteiger partial charge is 0.251 e. The molecule has 0 saturated heterocycles. The number of thioether (sulfide) groups is 1. The maximum absolute atomic E-state index is 12.2. The van der Waals surface area contributed by atoms with Crippen LogP contribution in [0.15, 0.2) is 96.2 Å². The van der Waals surface area contributed by atoms with Gasteiger partial charge in [0.2, 0.25) is 0 Å². The van der Waals surface area contributed by atoms with Crippen LogP contribution in [0.3, 0.4) is 0 Å². The molecule has 0 aliphatic heterocycles. The Morgan fingerprint density at radius 3 is 2.29 bits per heavy atom. The molecule has 0 spiro atoms. The summed E-state index contributed by atoms with van der Waals surface area (Å²) >= 11 is 1.61. The van der Waals surface area contributed by atoms with Crippen molar-refractivity contribution in [2.45, 2.75) is 36.3 Å². The van der Waals surface area contributed by atoms with Gasteiger partial charge in [-0.05, 0) is 36.1 Å². The molecule has 35 heavy (non-hydrogen) atoms. The Balaban J connectivity index is 1.33. The van der Waals surface area contributed by atoms with Crippen molar-refractivity contribution in [1.29, 1.82) is 0 Å². The molecule has 0 unspecified atom stereocenters. The van der Waals surface area contributed by atoms with Gasteiger partial charge >= 0.3 is 0 Å². The molecular formula is C29H28N4OS. The first-order valence-corrected chi connectivity index (χ1v) is 12.8. The second-order valence-corrected chi connectivity index (χ2v) is 9.78. The maximum Gasteiger partial charge on any atom is 0.251 e. The maximum atomic E-state index is 12.2. The second-order valence-electron chi connectivity index (χ2n) is 8.83. The zero-order chi connectivity index (χ0) is 24.0. The summed E-state index contributed by atoms with van der Waals surface area (Å²) in [5.74, 6) is 1.62. The molecule has 5 rings (SSSR count). The van der Waals surface area contributed by atoms with Crippen molar-refractivity contribution < 1.29 is 4.79 Å². The lowest BCUT2D eigenvalue weighted by atomic mass is 10.1. The molecule has 1 N–H and O–H groups in total. The lowest BCUT2D eigenvalue weighted by Gasteiger charge is -2.20. The van der Waals surface area contributed by atoms with Crippen molar-refractivity contribution in [2.24, 2.45) is 0 Å². The fourth-order valence-electron chi connectivity index (χ4n) is 3.76. The number of carbonyl (C=O) groups excluding carboxylic acids is 1. The molecule has 1 heterocycles. The summed E-state index contributed by atoms with van der Waals surface area (Å²) in [6, 6.07) is 30.8. The minimum atomic E-state index is 0.0108. The van der Waals surface area contributed by atoms with Gasteiger partial charge < -0.3 is 10.2 Å². The average Bonchev–Trinajstić information content (AvgIpc) is 3.73. The van der Waals surface area contributed by atoms with E-state index >= 15 is 0 Å². The van der Waals surface area contributed by atoms with E-state index in [1.165, 1.54) is 5.56 Å². The topological polar surface area (TPSA) is 58.1 Å². The number of anilines is 1. The van der Waals surface area contributed by atoms with Gasteiger partial charge in [0, 0.05) is 42.6 Å². The SMILES string of the molecule is CN(Cc1ccccc1)c1cc(-c2ccccc2)nc(SCc2ccc(C(=O)NC3CC3)cc2)n1. The van der Waals surface area contributed by atoms with E-state index in [0.717, 1.165) is 52.9 Å². The lowest BCUT2D eigenvalue weighted by molar-refractivity contribution is 0.0951. The number of hydrogen-bond acceptors (Lipinski definition) is 5. The predicted octanol–water partition coefficient (Wildman–Crippen LogP) is 5.96. The van der Waals surface area contributed by atoms with E-state index in [4.69, 9.17) is 9.97 Å². The molecule has 1 aromatic heterocycles. The number of hydrogen-bond donors (Lipinski definition) is 1. The largest absolute Gasteiger partial charge is 0.355 e. The van der Waals surface area contributed by atoms with Gasteiger partial charge in [-0.15, -0.1) is 0 Å². The Kier molecular flexibility index (Phi) is 7.09. The van der Waals surface area contributed by atoms with Crippen LogP contribution in [0.1, 0.15) is 34.3 Å². The number of amides is 1. The Morgan fingerprint density at radius 2 is 1.60 bits per heavy atom. The normalized spacial score (nSPS) is 12.8. The summed E-state index contributed by atoms with van der Waals surface area (Å²) in [6.45, 7) is 0.764. The molecule has 1 saturated carbocycles. The predicted molar refractivity (Wildman–Crippen MR) is 143 cm³/mol. The van der Waals surface area contributed by atoms with Crippen LogP contribution in [0.5, 0.6) is 0 Å². The van der Waals surface area contributed by atoms with Crippen LogP contribution in [-0.2, 0) is 12.3 Å². The third-order valence-electron chi connectivity index (χ3n) is 5.91. The molecule has 1 aliphatic rings. The van der Waals surface area contributed by atoms with Crippen molar-refractivity contribution in [3.8, 4) is 11.3 Å². The van der Waals surface area contributed by atoms with Gasteiger partial charge in [-0.1, -0.05) is 84.6 Å². The molecule has 176 valence electrons. The van der Waals surface area contributed by atoms with Crippen molar-refractivity contribution >= 4 is 23.5 Å².